The second-order valence-corrected chi connectivity index (χ2v) is 8.39. The number of carbonyl (C=O) groups excluding carboxylic acids is 1. The molecule has 0 saturated carbocycles. The van der Waals surface area contributed by atoms with E-state index in [1.807, 2.05) is 22.9 Å². The van der Waals surface area contributed by atoms with Crippen LogP contribution < -0.4 is 10.0 Å². The van der Waals surface area contributed by atoms with E-state index in [9.17, 15) is 13.2 Å². The molecule has 0 spiro atoms. The van der Waals surface area contributed by atoms with Crippen LogP contribution >= 0.6 is 22.7 Å². The van der Waals surface area contributed by atoms with E-state index in [1.165, 1.54) is 42.6 Å². The third-order valence-electron chi connectivity index (χ3n) is 3.19. The van der Waals surface area contributed by atoms with Crippen LogP contribution in [0.2, 0.25) is 0 Å². The van der Waals surface area contributed by atoms with Crippen LogP contribution in [-0.2, 0) is 10.0 Å². The van der Waals surface area contributed by atoms with Crippen LogP contribution in [0.4, 0.5) is 5.13 Å². The molecule has 0 radical (unpaired) electrons. The van der Waals surface area contributed by atoms with Gasteiger partial charge in [-0.1, -0.05) is 6.07 Å². The summed E-state index contributed by atoms with van der Waals surface area (Å²) in [4.78, 5) is 17.8. The van der Waals surface area contributed by atoms with Crippen LogP contribution in [0.25, 0.3) is 10.6 Å². The second-order valence-electron chi connectivity index (χ2n) is 4.70. The SMILES string of the molecule is CNS(=O)(=O)c1ccc(C(=O)Nc2nc(-c3cccs3)cs2)cc1. The van der Waals surface area contributed by atoms with Gasteiger partial charge in [0.05, 0.1) is 15.5 Å². The predicted octanol–water partition coefficient (Wildman–Crippen LogP) is 3.03. The molecule has 6 nitrogen and oxygen atoms in total. The van der Waals surface area contributed by atoms with Gasteiger partial charge in [0, 0.05) is 10.9 Å². The molecule has 0 aliphatic rings. The van der Waals surface area contributed by atoms with Gasteiger partial charge in [-0.05, 0) is 42.8 Å². The number of benzene rings is 1. The number of carbonyl (C=O) groups is 1. The van der Waals surface area contributed by atoms with Crippen molar-refractivity contribution in [1.29, 1.82) is 0 Å². The Morgan fingerprint density at radius 3 is 2.50 bits per heavy atom. The van der Waals surface area contributed by atoms with Crippen molar-refractivity contribution in [3.8, 4) is 10.6 Å². The molecule has 124 valence electrons. The molecule has 1 aromatic carbocycles. The number of rotatable bonds is 5. The predicted molar refractivity (Wildman–Crippen MR) is 96.1 cm³/mol. The molecule has 2 N–H and O–H groups in total. The molecule has 0 bridgehead atoms. The Bertz CT molecular complexity index is 946. The van der Waals surface area contributed by atoms with Gasteiger partial charge in [0.2, 0.25) is 10.0 Å². The normalized spacial score (nSPS) is 11.4. The lowest BCUT2D eigenvalue weighted by molar-refractivity contribution is 0.102. The summed E-state index contributed by atoms with van der Waals surface area (Å²) < 4.78 is 25.6. The molecule has 0 fully saturated rings. The molecule has 24 heavy (non-hydrogen) atoms. The van der Waals surface area contributed by atoms with E-state index in [4.69, 9.17) is 0 Å². The number of anilines is 1. The Labute approximate surface area is 147 Å². The fourth-order valence-corrected chi connectivity index (χ4v) is 4.14. The highest BCUT2D eigenvalue weighted by Crippen LogP contribution is 2.28. The lowest BCUT2D eigenvalue weighted by Crippen LogP contribution is -2.19. The van der Waals surface area contributed by atoms with Crippen molar-refractivity contribution < 1.29 is 13.2 Å². The third-order valence-corrected chi connectivity index (χ3v) is 6.27. The average molecular weight is 379 g/mol. The summed E-state index contributed by atoms with van der Waals surface area (Å²) >= 11 is 2.92. The molecule has 0 saturated heterocycles. The van der Waals surface area contributed by atoms with Gasteiger partial charge in [0.25, 0.3) is 5.91 Å². The number of aromatic nitrogens is 1. The Kier molecular flexibility index (Phi) is 4.76. The third kappa shape index (κ3) is 3.54. The van der Waals surface area contributed by atoms with Gasteiger partial charge >= 0.3 is 0 Å². The Morgan fingerprint density at radius 1 is 1.12 bits per heavy atom. The van der Waals surface area contributed by atoms with Gasteiger partial charge < -0.3 is 0 Å². The molecule has 2 heterocycles. The van der Waals surface area contributed by atoms with E-state index in [0.29, 0.717) is 10.7 Å². The standard InChI is InChI=1S/C15H13N3O3S3/c1-16-24(20,21)11-6-4-10(5-7-11)14(19)18-15-17-12(9-23-15)13-3-2-8-22-13/h2-9,16H,1H3,(H,17,18,19). The highest BCUT2D eigenvalue weighted by molar-refractivity contribution is 7.89. The number of sulfonamides is 1. The Balaban J connectivity index is 1.73. The number of nitrogens with zero attached hydrogens (tertiary/aromatic N) is 1. The number of hydrogen-bond acceptors (Lipinski definition) is 6. The highest BCUT2D eigenvalue weighted by atomic mass is 32.2. The first-order valence-corrected chi connectivity index (χ1v) is 10.1. The summed E-state index contributed by atoms with van der Waals surface area (Å²) in [7, 11) is -2.18. The van der Waals surface area contributed by atoms with Crippen LogP contribution in [0, 0.1) is 0 Å². The van der Waals surface area contributed by atoms with E-state index in [-0.39, 0.29) is 10.8 Å². The van der Waals surface area contributed by atoms with Crippen LogP contribution in [-0.4, -0.2) is 26.4 Å². The van der Waals surface area contributed by atoms with Gasteiger partial charge in [0.15, 0.2) is 5.13 Å². The first-order valence-electron chi connectivity index (χ1n) is 6.84. The largest absolute Gasteiger partial charge is 0.298 e. The van der Waals surface area contributed by atoms with Gasteiger partial charge in [-0.25, -0.2) is 18.1 Å². The molecule has 9 heteroatoms. The molecule has 1 amide bonds. The van der Waals surface area contributed by atoms with E-state index < -0.39 is 10.0 Å². The zero-order chi connectivity index (χ0) is 17.2. The van der Waals surface area contributed by atoms with Crippen LogP contribution in [0.5, 0.6) is 0 Å². The zero-order valence-corrected chi connectivity index (χ0v) is 15.0. The summed E-state index contributed by atoms with van der Waals surface area (Å²) in [6.07, 6.45) is 0. The van der Waals surface area contributed by atoms with Crippen molar-refractivity contribution in [3.05, 3.63) is 52.7 Å². The van der Waals surface area contributed by atoms with E-state index >= 15 is 0 Å². The van der Waals surface area contributed by atoms with Crippen LogP contribution in [0.3, 0.4) is 0 Å². The molecule has 0 aliphatic carbocycles. The van der Waals surface area contributed by atoms with Crippen molar-refractivity contribution in [1.82, 2.24) is 9.71 Å². The summed E-state index contributed by atoms with van der Waals surface area (Å²) in [5.74, 6) is -0.338. The zero-order valence-electron chi connectivity index (χ0n) is 12.5. The van der Waals surface area contributed by atoms with Crippen molar-refractivity contribution in [2.45, 2.75) is 4.90 Å². The molecule has 3 rings (SSSR count). The van der Waals surface area contributed by atoms with Gasteiger partial charge in [-0.3, -0.25) is 10.1 Å². The number of amides is 1. The topological polar surface area (TPSA) is 88.2 Å². The summed E-state index contributed by atoms with van der Waals surface area (Å²) in [5.41, 5.74) is 1.18. The second kappa shape index (κ2) is 6.81. The first-order chi connectivity index (χ1) is 11.5. The van der Waals surface area contributed by atoms with Gasteiger partial charge in [-0.15, -0.1) is 22.7 Å². The molecule has 0 atom stereocenters. The van der Waals surface area contributed by atoms with Gasteiger partial charge in [-0.2, -0.15) is 0 Å². The van der Waals surface area contributed by atoms with Gasteiger partial charge in [0.1, 0.15) is 0 Å². The molecular formula is C15H13N3O3S3. The van der Waals surface area contributed by atoms with Crippen molar-refractivity contribution in [2.24, 2.45) is 0 Å². The minimum absolute atomic E-state index is 0.107. The summed E-state index contributed by atoms with van der Waals surface area (Å²) in [5, 5.41) is 7.06. The maximum absolute atomic E-state index is 12.2. The van der Waals surface area contributed by atoms with E-state index in [1.54, 1.807) is 11.3 Å². The molecule has 0 unspecified atom stereocenters. The average Bonchev–Trinajstić information content (AvgIpc) is 3.26. The summed E-state index contributed by atoms with van der Waals surface area (Å²) in [6, 6.07) is 9.62. The molecule has 0 aliphatic heterocycles. The minimum atomic E-state index is -3.51. The molecule has 3 aromatic rings. The van der Waals surface area contributed by atoms with Crippen molar-refractivity contribution >= 4 is 43.7 Å². The lowest BCUT2D eigenvalue weighted by atomic mass is 10.2. The van der Waals surface area contributed by atoms with Crippen molar-refractivity contribution in [3.63, 3.8) is 0 Å². The summed E-state index contributed by atoms with van der Waals surface area (Å²) in [6.45, 7) is 0. The maximum atomic E-state index is 12.2. The number of nitrogens with one attached hydrogen (secondary N) is 2. The molecule has 2 aromatic heterocycles. The quantitative estimate of drug-likeness (QED) is 0.713. The maximum Gasteiger partial charge on any atom is 0.257 e. The van der Waals surface area contributed by atoms with Crippen molar-refractivity contribution in [2.75, 3.05) is 12.4 Å². The fraction of sp³-hybridized carbons (Fsp3) is 0.0667. The lowest BCUT2D eigenvalue weighted by Gasteiger charge is -2.04. The Hall–Kier alpha value is -2.07. The fourth-order valence-electron chi connectivity index (χ4n) is 1.94. The molecular weight excluding hydrogens is 366 g/mol. The number of thiazole rings is 1. The highest BCUT2D eigenvalue weighted by Gasteiger charge is 2.14. The van der Waals surface area contributed by atoms with Crippen LogP contribution in [0.1, 0.15) is 10.4 Å². The first kappa shape index (κ1) is 16.8. The minimum Gasteiger partial charge on any atom is -0.298 e. The van der Waals surface area contributed by atoms with E-state index in [2.05, 4.69) is 15.0 Å². The monoisotopic (exact) mass is 379 g/mol. The number of thiophene rings is 1. The smallest absolute Gasteiger partial charge is 0.257 e. The Morgan fingerprint density at radius 2 is 1.88 bits per heavy atom. The van der Waals surface area contributed by atoms with E-state index in [0.717, 1.165) is 10.6 Å². The number of hydrogen-bond donors (Lipinski definition) is 2. The van der Waals surface area contributed by atoms with Crippen LogP contribution in [0.15, 0.2) is 52.1 Å².